The molecule has 0 aromatic heterocycles. The minimum atomic E-state index is -1.30. The number of ether oxygens (including phenoxy) is 2. The molecular weight excluding hydrogens is 738 g/mol. The number of rotatable bonds is 17. The highest BCUT2D eigenvalue weighted by Gasteiger charge is 2.77. The first-order valence-corrected chi connectivity index (χ1v) is 18.8. The van der Waals surface area contributed by atoms with Gasteiger partial charge in [-0.1, -0.05) is 70.0 Å². The smallest absolute Gasteiger partial charge is 0.313 e. The van der Waals surface area contributed by atoms with Gasteiger partial charge >= 0.3 is 5.97 Å². The molecule has 3 aliphatic rings. The highest BCUT2D eigenvalue weighted by atomic mass is 79.9. The summed E-state index contributed by atoms with van der Waals surface area (Å²) in [5, 5.41) is 9.92. The molecule has 0 radical (unpaired) electrons. The molecule has 274 valence electrons. The molecule has 3 heterocycles. The molecule has 51 heavy (non-hydrogen) atoms. The number of aliphatic hydroxyl groups is 1. The Morgan fingerprint density at radius 2 is 1.82 bits per heavy atom. The van der Waals surface area contributed by atoms with Crippen molar-refractivity contribution in [2.75, 3.05) is 31.6 Å². The van der Waals surface area contributed by atoms with Gasteiger partial charge in [0.1, 0.15) is 17.7 Å². The van der Waals surface area contributed by atoms with Gasteiger partial charge in [-0.3, -0.25) is 19.2 Å². The molecule has 2 aromatic carbocycles. The van der Waals surface area contributed by atoms with Crippen LogP contribution in [-0.4, -0.2) is 94.0 Å². The van der Waals surface area contributed by atoms with Crippen LogP contribution in [0.4, 0.5) is 5.69 Å². The number of hydrogen-bond donors (Lipinski definition) is 1. The van der Waals surface area contributed by atoms with Crippen LogP contribution >= 0.6 is 27.5 Å². The highest BCUT2D eigenvalue weighted by molar-refractivity contribution is 9.09. The van der Waals surface area contributed by atoms with E-state index in [1.54, 1.807) is 58.2 Å². The lowest BCUT2D eigenvalue weighted by Crippen LogP contribution is -2.57. The summed E-state index contributed by atoms with van der Waals surface area (Å²) in [7, 11) is 1.69. The fourth-order valence-electron chi connectivity index (χ4n) is 7.83. The third-order valence-corrected chi connectivity index (χ3v) is 11.5. The van der Waals surface area contributed by atoms with Gasteiger partial charge in [0.05, 0.1) is 24.0 Å². The highest BCUT2D eigenvalue weighted by Crippen LogP contribution is 2.60. The Kier molecular flexibility index (Phi) is 12.8. The fourth-order valence-corrected chi connectivity index (χ4v) is 8.90. The zero-order valence-electron chi connectivity index (χ0n) is 29.2. The number of carbonyl (C=O) groups excluding carboxylic acids is 4. The lowest BCUT2D eigenvalue weighted by Gasteiger charge is -2.37. The van der Waals surface area contributed by atoms with E-state index in [-0.39, 0.29) is 48.7 Å². The van der Waals surface area contributed by atoms with Crippen molar-refractivity contribution in [2.45, 2.75) is 80.2 Å². The Morgan fingerprint density at radius 1 is 1.12 bits per heavy atom. The molecule has 5 rings (SSSR count). The first kappa shape index (κ1) is 38.7. The maximum absolute atomic E-state index is 14.8. The molecule has 2 bridgehead atoms. The van der Waals surface area contributed by atoms with Crippen molar-refractivity contribution in [3.05, 3.63) is 90.5 Å². The number of fused-ring (bicyclic) bond motifs is 1. The minimum absolute atomic E-state index is 0.0204. The van der Waals surface area contributed by atoms with Crippen molar-refractivity contribution in [3.63, 3.8) is 0 Å². The number of anilines is 1. The molecule has 3 aliphatic heterocycles. The third-order valence-electron chi connectivity index (χ3n) is 10.4. The predicted molar refractivity (Wildman–Crippen MR) is 199 cm³/mol. The van der Waals surface area contributed by atoms with Gasteiger partial charge in [-0.2, -0.15) is 0 Å². The van der Waals surface area contributed by atoms with E-state index >= 15 is 0 Å². The van der Waals surface area contributed by atoms with Crippen molar-refractivity contribution in [1.82, 2.24) is 9.80 Å². The van der Waals surface area contributed by atoms with Gasteiger partial charge in [0.15, 0.2) is 0 Å². The predicted octanol–water partition coefficient (Wildman–Crippen LogP) is 5.87. The van der Waals surface area contributed by atoms with Gasteiger partial charge < -0.3 is 29.3 Å². The zero-order chi connectivity index (χ0) is 36.9. The van der Waals surface area contributed by atoms with Crippen LogP contribution in [0.5, 0.6) is 0 Å². The second-order valence-electron chi connectivity index (χ2n) is 13.5. The average molecular weight is 785 g/mol. The van der Waals surface area contributed by atoms with E-state index in [9.17, 15) is 24.3 Å². The number of amides is 3. The van der Waals surface area contributed by atoms with E-state index in [2.05, 4.69) is 29.1 Å². The summed E-state index contributed by atoms with van der Waals surface area (Å²) in [4.78, 5) is 61.4. The van der Waals surface area contributed by atoms with E-state index in [4.69, 9.17) is 21.1 Å². The lowest BCUT2D eigenvalue weighted by molar-refractivity contribution is -0.164. The summed E-state index contributed by atoms with van der Waals surface area (Å²) in [6, 6.07) is 14.5. The molecule has 12 heteroatoms. The zero-order valence-corrected chi connectivity index (χ0v) is 31.5. The molecule has 1 N–H and O–H groups in total. The molecule has 0 saturated carbocycles. The van der Waals surface area contributed by atoms with Crippen LogP contribution in [0.1, 0.15) is 57.1 Å². The standard InChI is InChI=1S/C39H47BrClN3O7/c1-5-7-16-30(46)42(4)25(3)33(26-14-10-8-11-15-26)50-38(49)31-32-36(47)44(22-12-9-13-23-45)35(39(32)24-29(40)34(31)51-39)37(48)43(21-6-2)28-19-17-27(41)18-20-28/h5-6,8,10-11,14-15,17-20,25,29,31-35,45H,1-2,7,9,12-13,16,21-24H2,3-4H3/t25-,29?,31+,32-,33+,34+,35+,39-/m1/s1. The van der Waals surface area contributed by atoms with Crippen LogP contribution < -0.4 is 4.90 Å². The summed E-state index contributed by atoms with van der Waals surface area (Å²) in [6.45, 7) is 9.86. The SMILES string of the molecule is C=CCCC(=O)N(C)[C@H](C)[C@H](OC(=O)[C@@H]1[C@H]2O[C@@]3(CC2Br)[C@H](C(=O)N(CC=C)c2ccc(Cl)cc2)N(CCCCCO)C(=O)[C@@H]13)c1ccccc1. The van der Waals surface area contributed by atoms with Crippen molar-refractivity contribution in [2.24, 2.45) is 11.8 Å². The van der Waals surface area contributed by atoms with Crippen molar-refractivity contribution in [3.8, 4) is 0 Å². The molecule has 3 saturated heterocycles. The molecule has 8 atom stereocenters. The van der Waals surface area contributed by atoms with Crippen LogP contribution in [0.3, 0.4) is 0 Å². The van der Waals surface area contributed by atoms with E-state index in [1.807, 2.05) is 37.3 Å². The number of allylic oxidation sites excluding steroid dienone is 1. The number of halogens is 2. The first-order chi connectivity index (χ1) is 24.5. The monoisotopic (exact) mass is 783 g/mol. The summed E-state index contributed by atoms with van der Waals surface area (Å²) in [5.41, 5.74) is -0.0115. The number of likely N-dealkylation sites (tertiary alicyclic amines) is 1. The largest absolute Gasteiger partial charge is 0.455 e. The summed E-state index contributed by atoms with van der Waals surface area (Å²) in [5.74, 6) is -3.39. The van der Waals surface area contributed by atoms with E-state index in [0.29, 0.717) is 48.4 Å². The van der Waals surface area contributed by atoms with Crippen molar-refractivity contribution < 1.29 is 33.8 Å². The van der Waals surface area contributed by atoms with Crippen molar-refractivity contribution in [1.29, 1.82) is 0 Å². The number of likely N-dealkylation sites (N-methyl/N-ethyl adjacent to an activating group) is 1. The lowest BCUT2D eigenvalue weighted by atomic mass is 9.70. The van der Waals surface area contributed by atoms with Gasteiger partial charge in [-0.15, -0.1) is 13.2 Å². The van der Waals surface area contributed by atoms with Crippen LogP contribution in [0.25, 0.3) is 0 Å². The topological polar surface area (TPSA) is 117 Å². The Bertz CT molecular complexity index is 1590. The Morgan fingerprint density at radius 3 is 2.47 bits per heavy atom. The molecule has 3 amide bonds. The van der Waals surface area contributed by atoms with Crippen LogP contribution in [0, 0.1) is 11.8 Å². The number of aliphatic hydroxyl groups excluding tert-OH is 1. The van der Waals surface area contributed by atoms with Gasteiger partial charge in [0, 0.05) is 48.7 Å². The van der Waals surface area contributed by atoms with E-state index < -0.39 is 47.7 Å². The number of carbonyl (C=O) groups is 4. The minimum Gasteiger partial charge on any atom is -0.455 e. The number of hydrogen-bond acceptors (Lipinski definition) is 7. The summed E-state index contributed by atoms with van der Waals surface area (Å²) in [6.07, 6.45) is 4.63. The molecule has 1 spiro atoms. The maximum Gasteiger partial charge on any atom is 0.313 e. The molecule has 10 nitrogen and oxygen atoms in total. The quantitative estimate of drug-likeness (QED) is 0.0924. The molecule has 1 unspecified atom stereocenters. The second-order valence-corrected chi connectivity index (χ2v) is 15.1. The van der Waals surface area contributed by atoms with Crippen LogP contribution in [0.15, 0.2) is 79.9 Å². The van der Waals surface area contributed by atoms with Crippen LogP contribution in [-0.2, 0) is 28.7 Å². The molecule has 3 fully saturated rings. The third kappa shape index (κ3) is 7.68. The Balaban J connectivity index is 1.51. The summed E-state index contributed by atoms with van der Waals surface area (Å²) < 4.78 is 13.1. The van der Waals surface area contributed by atoms with Gasteiger partial charge in [0.25, 0.3) is 5.91 Å². The number of nitrogens with zero attached hydrogens (tertiary/aromatic N) is 3. The molecule has 0 aliphatic carbocycles. The van der Waals surface area contributed by atoms with Crippen LogP contribution in [0.2, 0.25) is 5.02 Å². The number of unbranched alkanes of at least 4 members (excludes halogenated alkanes) is 2. The normalized spacial score (nSPS) is 25.9. The molecular formula is C39H47BrClN3O7. The Hall–Kier alpha value is -3.51. The number of esters is 1. The van der Waals surface area contributed by atoms with E-state index in [1.165, 1.54) is 0 Å². The maximum atomic E-state index is 14.8. The Labute approximate surface area is 313 Å². The second kappa shape index (κ2) is 16.9. The number of benzene rings is 2. The van der Waals surface area contributed by atoms with Crippen molar-refractivity contribution >= 4 is 56.9 Å². The van der Waals surface area contributed by atoms with Gasteiger partial charge in [-0.05, 0) is 68.9 Å². The first-order valence-electron chi connectivity index (χ1n) is 17.5. The van der Waals surface area contributed by atoms with Gasteiger partial charge in [-0.25, -0.2) is 0 Å². The summed E-state index contributed by atoms with van der Waals surface area (Å²) >= 11 is 9.92. The molecule has 2 aromatic rings. The number of alkyl halides is 1. The average Bonchev–Trinajstić information content (AvgIpc) is 3.73. The fraction of sp³-hybridized carbons (Fsp3) is 0.487. The van der Waals surface area contributed by atoms with E-state index in [0.717, 1.165) is 0 Å². The van der Waals surface area contributed by atoms with Gasteiger partial charge in [0.2, 0.25) is 11.8 Å².